The lowest BCUT2D eigenvalue weighted by Gasteiger charge is -2.32. The summed E-state index contributed by atoms with van der Waals surface area (Å²) in [4.78, 5) is 19.1. The number of likely N-dealkylation sites (tertiary alicyclic amines) is 1. The number of aromatic nitrogens is 3. The van der Waals surface area contributed by atoms with E-state index in [4.69, 9.17) is 4.74 Å². The zero-order valence-corrected chi connectivity index (χ0v) is 22.0. The van der Waals surface area contributed by atoms with Crippen molar-refractivity contribution in [3.8, 4) is 34.1 Å². The van der Waals surface area contributed by atoms with Gasteiger partial charge in [-0.1, -0.05) is 0 Å². The second-order valence-corrected chi connectivity index (χ2v) is 10.6. The number of ether oxygens (including phenoxy) is 1. The molecule has 6 rings (SSSR count). The molecule has 3 heterocycles. The Kier molecular flexibility index (Phi) is 6.27. The number of H-pyrrole nitrogens is 1. The number of benzene rings is 2. The number of carbonyl (C=O) groups excluding carboxylic acids is 1. The fourth-order valence-electron chi connectivity index (χ4n) is 5.51. The van der Waals surface area contributed by atoms with Crippen molar-refractivity contribution in [3.63, 3.8) is 0 Å². The second kappa shape index (κ2) is 9.76. The van der Waals surface area contributed by atoms with Gasteiger partial charge < -0.3 is 25.0 Å². The maximum atomic E-state index is 13.1. The molecule has 2 fully saturated rings. The fraction of sp³-hybridized carbons (Fsp3) is 0.367. The van der Waals surface area contributed by atoms with Gasteiger partial charge in [-0.15, -0.1) is 10.2 Å². The third-order valence-electron chi connectivity index (χ3n) is 7.84. The summed E-state index contributed by atoms with van der Waals surface area (Å²) in [5.41, 5.74) is 6.28. The molecule has 38 heavy (non-hydrogen) atoms. The Morgan fingerprint density at radius 1 is 1.03 bits per heavy atom. The fourth-order valence-corrected chi connectivity index (χ4v) is 5.51. The van der Waals surface area contributed by atoms with Gasteiger partial charge in [0.1, 0.15) is 5.75 Å². The van der Waals surface area contributed by atoms with E-state index < -0.39 is 0 Å². The molecular formula is C30H33N5O3. The van der Waals surface area contributed by atoms with Gasteiger partial charge in [0.2, 0.25) is 5.88 Å². The second-order valence-electron chi connectivity index (χ2n) is 10.6. The predicted octanol–water partition coefficient (Wildman–Crippen LogP) is 4.98. The van der Waals surface area contributed by atoms with Crippen molar-refractivity contribution >= 4 is 16.8 Å². The van der Waals surface area contributed by atoms with Gasteiger partial charge in [0, 0.05) is 47.2 Å². The van der Waals surface area contributed by atoms with Crippen LogP contribution in [0.1, 0.15) is 47.2 Å². The molecule has 8 heteroatoms. The number of amides is 1. The Labute approximate surface area is 222 Å². The van der Waals surface area contributed by atoms with Crippen LogP contribution in [0.2, 0.25) is 0 Å². The maximum absolute atomic E-state index is 13.1. The van der Waals surface area contributed by atoms with E-state index in [1.54, 1.807) is 7.11 Å². The molecule has 2 aromatic carbocycles. The highest BCUT2D eigenvalue weighted by atomic mass is 16.5. The van der Waals surface area contributed by atoms with E-state index in [0.717, 1.165) is 70.8 Å². The summed E-state index contributed by atoms with van der Waals surface area (Å²) in [6.07, 6.45) is 4.68. The minimum Gasteiger partial charge on any atom is -0.507 e. The van der Waals surface area contributed by atoms with Crippen molar-refractivity contribution in [1.82, 2.24) is 25.4 Å². The van der Waals surface area contributed by atoms with Crippen LogP contribution in [-0.2, 0) is 0 Å². The molecule has 1 aliphatic carbocycles. The number of nitrogens with one attached hydrogen (secondary N) is 2. The molecule has 8 nitrogen and oxygen atoms in total. The van der Waals surface area contributed by atoms with Crippen LogP contribution < -0.4 is 10.1 Å². The molecule has 196 valence electrons. The molecule has 0 bridgehead atoms. The third kappa shape index (κ3) is 4.72. The average Bonchev–Trinajstić information content (AvgIpc) is 3.69. The highest BCUT2D eigenvalue weighted by Crippen LogP contribution is 2.35. The summed E-state index contributed by atoms with van der Waals surface area (Å²) in [7, 11) is 1.57. The number of hydrogen-bond acceptors (Lipinski definition) is 6. The lowest BCUT2D eigenvalue weighted by atomic mass is 10.0. The monoisotopic (exact) mass is 511 g/mol. The first-order valence-corrected chi connectivity index (χ1v) is 13.3. The number of hydrogen-bond donors (Lipinski definition) is 3. The highest BCUT2D eigenvalue weighted by molar-refractivity contribution is 5.99. The Morgan fingerprint density at radius 3 is 2.45 bits per heavy atom. The highest BCUT2D eigenvalue weighted by Gasteiger charge is 2.32. The molecule has 4 aromatic rings. The van der Waals surface area contributed by atoms with E-state index in [0.29, 0.717) is 17.1 Å². The van der Waals surface area contributed by atoms with Crippen LogP contribution in [-0.4, -0.2) is 63.4 Å². The van der Waals surface area contributed by atoms with Gasteiger partial charge in [0.05, 0.1) is 24.1 Å². The predicted molar refractivity (Wildman–Crippen MR) is 148 cm³/mol. The van der Waals surface area contributed by atoms with E-state index >= 15 is 0 Å². The molecule has 1 amide bonds. The topological polar surface area (TPSA) is 103 Å². The number of piperidine rings is 1. The molecule has 0 spiro atoms. The van der Waals surface area contributed by atoms with Crippen LogP contribution in [0.4, 0.5) is 0 Å². The molecule has 0 unspecified atom stereocenters. The Hall–Kier alpha value is -3.91. The molecule has 3 N–H and O–H groups in total. The Bertz CT molecular complexity index is 1490. The van der Waals surface area contributed by atoms with Gasteiger partial charge >= 0.3 is 0 Å². The molecule has 0 radical (unpaired) electrons. The largest absolute Gasteiger partial charge is 0.507 e. The van der Waals surface area contributed by atoms with Crippen molar-refractivity contribution in [2.75, 3.05) is 20.2 Å². The van der Waals surface area contributed by atoms with Crippen LogP contribution in [0.5, 0.6) is 11.6 Å². The number of fused-ring (bicyclic) bond motifs is 1. The van der Waals surface area contributed by atoms with E-state index in [2.05, 4.69) is 25.4 Å². The number of methoxy groups -OCH3 is 1. The number of aryl methyl sites for hydroxylation is 2. The van der Waals surface area contributed by atoms with E-state index in [1.807, 2.05) is 56.3 Å². The number of carbonyl (C=O) groups is 1. The van der Waals surface area contributed by atoms with Crippen LogP contribution in [0.15, 0.2) is 42.5 Å². The number of rotatable bonds is 6. The number of phenols is 1. The van der Waals surface area contributed by atoms with Crippen LogP contribution >= 0.6 is 0 Å². The minimum atomic E-state index is -0.0250. The number of aromatic amines is 1. The Morgan fingerprint density at radius 2 is 1.76 bits per heavy atom. The van der Waals surface area contributed by atoms with Crippen LogP contribution in [0, 0.1) is 13.8 Å². The van der Waals surface area contributed by atoms with Crippen molar-refractivity contribution in [2.45, 2.75) is 51.6 Å². The summed E-state index contributed by atoms with van der Waals surface area (Å²) < 4.78 is 5.52. The zero-order chi connectivity index (χ0) is 26.4. The van der Waals surface area contributed by atoms with Gasteiger partial charge in [-0.25, -0.2) is 0 Å². The van der Waals surface area contributed by atoms with Gasteiger partial charge in [-0.2, -0.15) is 0 Å². The quantitative estimate of drug-likeness (QED) is 0.337. The third-order valence-corrected chi connectivity index (χ3v) is 7.84. The molecule has 1 saturated heterocycles. The first kappa shape index (κ1) is 24.4. The van der Waals surface area contributed by atoms with E-state index in [-0.39, 0.29) is 17.7 Å². The SMILES string of the molecule is COc1nnc(-c2cc(C)c(O)c(C)c2)cc1-c1cc2cc(C(=O)NC3CCN(C4CC4)CC3)ccc2[nH]1. The first-order valence-electron chi connectivity index (χ1n) is 13.3. The van der Waals surface area contributed by atoms with Crippen LogP contribution in [0.3, 0.4) is 0 Å². The molecular weight excluding hydrogens is 478 g/mol. The van der Waals surface area contributed by atoms with Crippen molar-refractivity contribution in [2.24, 2.45) is 0 Å². The lowest BCUT2D eigenvalue weighted by Crippen LogP contribution is -2.45. The van der Waals surface area contributed by atoms with Gasteiger partial charge in [-0.05, 0) is 93.1 Å². The minimum absolute atomic E-state index is 0.0250. The first-order chi connectivity index (χ1) is 18.4. The summed E-state index contributed by atoms with van der Waals surface area (Å²) in [5, 5.41) is 23.0. The molecule has 1 saturated carbocycles. The summed E-state index contributed by atoms with van der Waals surface area (Å²) in [6, 6.07) is 14.5. The van der Waals surface area contributed by atoms with Gasteiger partial charge in [-0.3, -0.25) is 4.79 Å². The summed E-state index contributed by atoms with van der Waals surface area (Å²) >= 11 is 0. The van der Waals surface area contributed by atoms with E-state index in [9.17, 15) is 9.90 Å². The van der Waals surface area contributed by atoms with Crippen LogP contribution in [0.25, 0.3) is 33.4 Å². The Balaban J connectivity index is 1.25. The van der Waals surface area contributed by atoms with Crippen molar-refractivity contribution < 1.29 is 14.6 Å². The summed E-state index contributed by atoms with van der Waals surface area (Å²) in [5.74, 6) is 0.667. The zero-order valence-electron chi connectivity index (χ0n) is 22.0. The number of phenolic OH excluding ortho intramolecular Hbond substituents is 1. The molecule has 2 aromatic heterocycles. The van der Waals surface area contributed by atoms with Gasteiger partial charge in [0.15, 0.2) is 0 Å². The number of aromatic hydroxyl groups is 1. The van der Waals surface area contributed by atoms with Gasteiger partial charge in [0.25, 0.3) is 5.91 Å². The smallest absolute Gasteiger partial charge is 0.251 e. The van der Waals surface area contributed by atoms with E-state index in [1.165, 1.54) is 12.8 Å². The molecule has 0 atom stereocenters. The summed E-state index contributed by atoms with van der Waals surface area (Å²) in [6.45, 7) is 5.88. The van der Waals surface area contributed by atoms with Crippen molar-refractivity contribution in [3.05, 3.63) is 59.2 Å². The molecule has 2 aliphatic rings. The standard InChI is InChI=1S/C30H33N5O3/c1-17-12-20(13-18(2)28(17)36)26-16-24(30(38-3)34-33-26)27-15-21-14-19(4-7-25(21)32-27)29(37)31-22-8-10-35(11-9-22)23-5-6-23/h4,7,12-16,22-23,32,36H,5-6,8-11H2,1-3H3,(H,31,37). The average molecular weight is 512 g/mol. The van der Waals surface area contributed by atoms with Crippen molar-refractivity contribution in [1.29, 1.82) is 0 Å². The normalized spacial score (nSPS) is 16.6. The number of nitrogens with zero attached hydrogens (tertiary/aromatic N) is 3. The molecule has 1 aliphatic heterocycles. The maximum Gasteiger partial charge on any atom is 0.251 e. The lowest BCUT2D eigenvalue weighted by molar-refractivity contribution is 0.0909.